The topological polar surface area (TPSA) is 52.0 Å². The van der Waals surface area contributed by atoms with Crippen molar-refractivity contribution in [2.24, 2.45) is 0 Å². The zero-order chi connectivity index (χ0) is 20.5. The molecule has 4 nitrogen and oxygen atoms in total. The number of rotatable bonds is 5. The number of thiophene rings is 1. The molecule has 0 atom stereocenters. The molecule has 6 heteroatoms. The van der Waals surface area contributed by atoms with E-state index >= 15 is 0 Å². The van der Waals surface area contributed by atoms with Gasteiger partial charge in [-0.1, -0.05) is 79.6 Å². The van der Waals surface area contributed by atoms with Crippen LogP contribution in [-0.2, 0) is 0 Å². The number of thioether (sulfide) groups is 1. The summed E-state index contributed by atoms with van der Waals surface area (Å²) >= 11 is 2.92. The Morgan fingerprint density at radius 1 is 1.03 bits per heavy atom. The SMILES string of the molecule is O=C(CSc1nc2c(sc3ccccc32)c(=O)n1C1CCCCC1)c1ccccc1. The molecule has 0 aliphatic heterocycles. The maximum absolute atomic E-state index is 13.6. The first-order chi connectivity index (χ1) is 14.7. The third-order valence-corrected chi connectivity index (χ3v) is 7.86. The summed E-state index contributed by atoms with van der Waals surface area (Å²) < 4.78 is 3.69. The summed E-state index contributed by atoms with van der Waals surface area (Å²) in [5, 5.41) is 1.69. The van der Waals surface area contributed by atoms with E-state index in [-0.39, 0.29) is 23.1 Å². The van der Waals surface area contributed by atoms with Crippen molar-refractivity contribution in [2.45, 2.75) is 43.3 Å². The summed E-state index contributed by atoms with van der Waals surface area (Å²) in [5.41, 5.74) is 1.50. The number of hydrogen-bond donors (Lipinski definition) is 0. The zero-order valence-electron chi connectivity index (χ0n) is 16.5. The normalized spacial score (nSPS) is 15.1. The minimum absolute atomic E-state index is 0.0442. The van der Waals surface area contributed by atoms with Crippen LogP contribution in [0.3, 0.4) is 0 Å². The van der Waals surface area contributed by atoms with Crippen LogP contribution in [-0.4, -0.2) is 21.1 Å². The van der Waals surface area contributed by atoms with Crippen molar-refractivity contribution >= 4 is 49.2 Å². The van der Waals surface area contributed by atoms with Crippen molar-refractivity contribution in [3.63, 3.8) is 0 Å². The fourth-order valence-corrected chi connectivity index (χ4v) is 6.27. The molecule has 0 radical (unpaired) electrons. The van der Waals surface area contributed by atoms with Gasteiger partial charge in [0, 0.05) is 21.7 Å². The first-order valence-corrected chi connectivity index (χ1v) is 12.2. The fourth-order valence-electron chi connectivity index (χ4n) is 4.23. The van der Waals surface area contributed by atoms with Crippen molar-refractivity contribution in [2.75, 3.05) is 5.75 Å². The minimum atomic E-state index is 0.0442. The number of aromatic nitrogens is 2. The Balaban J connectivity index is 1.59. The predicted octanol–water partition coefficient (Wildman–Crippen LogP) is 6.09. The number of carbonyl (C=O) groups excluding carboxylic acids is 1. The zero-order valence-corrected chi connectivity index (χ0v) is 18.2. The maximum atomic E-state index is 13.6. The second-order valence-corrected chi connectivity index (χ2v) is 9.71. The van der Waals surface area contributed by atoms with E-state index < -0.39 is 0 Å². The van der Waals surface area contributed by atoms with Crippen molar-refractivity contribution in [3.8, 4) is 0 Å². The van der Waals surface area contributed by atoms with Gasteiger partial charge in [-0.2, -0.15) is 0 Å². The van der Waals surface area contributed by atoms with Crippen molar-refractivity contribution in [1.29, 1.82) is 0 Å². The number of carbonyl (C=O) groups is 1. The molecular formula is C24H22N2O2S2. The van der Waals surface area contributed by atoms with Gasteiger partial charge in [-0.05, 0) is 18.9 Å². The van der Waals surface area contributed by atoms with Crippen LogP contribution < -0.4 is 5.56 Å². The van der Waals surface area contributed by atoms with Gasteiger partial charge in [-0.15, -0.1) is 11.3 Å². The Bertz CT molecular complexity index is 1270. The largest absolute Gasteiger partial charge is 0.293 e. The van der Waals surface area contributed by atoms with Crippen molar-refractivity contribution < 1.29 is 4.79 Å². The van der Waals surface area contributed by atoms with E-state index in [0.717, 1.165) is 46.0 Å². The summed E-state index contributed by atoms with van der Waals surface area (Å²) in [4.78, 5) is 31.2. The molecule has 1 aliphatic rings. The molecule has 0 bridgehead atoms. The van der Waals surface area contributed by atoms with E-state index in [2.05, 4.69) is 0 Å². The first kappa shape index (κ1) is 19.5. The highest BCUT2D eigenvalue weighted by molar-refractivity contribution is 7.99. The van der Waals surface area contributed by atoms with Crippen LogP contribution in [0.4, 0.5) is 0 Å². The summed E-state index contributed by atoms with van der Waals surface area (Å²) in [7, 11) is 0. The highest BCUT2D eigenvalue weighted by Crippen LogP contribution is 2.35. The second kappa shape index (κ2) is 8.36. The summed E-state index contributed by atoms with van der Waals surface area (Å²) in [6, 6.07) is 17.5. The van der Waals surface area contributed by atoms with Gasteiger partial charge in [0.05, 0.1) is 11.3 Å². The average molecular weight is 435 g/mol. The molecule has 2 aromatic heterocycles. The molecule has 0 amide bonds. The van der Waals surface area contributed by atoms with Crippen LogP contribution in [0, 0.1) is 0 Å². The molecule has 0 spiro atoms. The van der Waals surface area contributed by atoms with Crippen molar-refractivity contribution in [1.82, 2.24) is 9.55 Å². The molecule has 2 heterocycles. The minimum Gasteiger partial charge on any atom is -0.293 e. The lowest BCUT2D eigenvalue weighted by Crippen LogP contribution is -2.28. The smallest absolute Gasteiger partial charge is 0.272 e. The van der Waals surface area contributed by atoms with Crippen LogP contribution in [0.1, 0.15) is 48.5 Å². The molecule has 2 aromatic carbocycles. The molecule has 152 valence electrons. The molecule has 1 aliphatic carbocycles. The third kappa shape index (κ3) is 3.59. The van der Waals surface area contributed by atoms with Gasteiger partial charge in [0.25, 0.3) is 5.56 Å². The quantitative estimate of drug-likeness (QED) is 0.217. The molecule has 0 N–H and O–H groups in total. The van der Waals surface area contributed by atoms with Gasteiger partial charge < -0.3 is 0 Å². The Labute approximate surface area is 183 Å². The molecule has 30 heavy (non-hydrogen) atoms. The maximum Gasteiger partial charge on any atom is 0.272 e. The lowest BCUT2D eigenvalue weighted by atomic mass is 9.95. The fraction of sp³-hybridized carbons (Fsp3) is 0.292. The highest BCUT2D eigenvalue weighted by atomic mass is 32.2. The number of hydrogen-bond acceptors (Lipinski definition) is 5. The number of ketones is 1. The van der Waals surface area contributed by atoms with Crippen LogP contribution in [0.25, 0.3) is 20.3 Å². The van der Waals surface area contributed by atoms with Crippen LogP contribution in [0.5, 0.6) is 0 Å². The summed E-state index contributed by atoms with van der Waals surface area (Å²) in [6.07, 6.45) is 5.48. The molecule has 0 saturated heterocycles. The van der Waals surface area contributed by atoms with E-state index in [4.69, 9.17) is 4.98 Å². The lowest BCUT2D eigenvalue weighted by molar-refractivity contribution is 0.102. The van der Waals surface area contributed by atoms with E-state index in [1.807, 2.05) is 59.2 Å². The first-order valence-electron chi connectivity index (χ1n) is 10.4. The summed E-state index contributed by atoms with van der Waals surface area (Å²) in [5.74, 6) is 0.330. The predicted molar refractivity (Wildman–Crippen MR) is 125 cm³/mol. The Morgan fingerprint density at radius 2 is 1.77 bits per heavy atom. The Hall–Kier alpha value is -2.44. The van der Waals surface area contributed by atoms with Gasteiger partial charge in [0.1, 0.15) is 4.70 Å². The summed E-state index contributed by atoms with van der Waals surface area (Å²) in [6.45, 7) is 0. The standard InChI is InChI=1S/C24H22N2O2S2/c27-19(16-9-3-1-4-10-16)15-29-24-25-21-18-13-7-8-14-20(18)30-22(21)23(28)26(24)17-11-5-2-6-12-17/h1,3-4,7-10,13-14,17H,2,5-6,11-12,15H2. The van der Waals surface area contributed by atoms with Crippen LogP contribution in [0.15, 0.2) is 64.5 Å². The monoisotopic (exact) mass is 434 g/mol. The molecule has 5 rings (SSSR count). The van der Waals surface area contributed by atoms with E-state index in [1.165, 1.54) is 29.5 Å². The van der Waals surface area contributed by atoms with Crippen molar-refractivity contribution in [3.05, 3.63) is 70.5 Å². The highest BCUT2D eigenvalue weighted by Gasteiger charge is 2.24. The lowest BCUT2D eigenvalue weighted by Gasteiger charge is -2.25. The van der Waals surface area contributed by atoms with Gasteiger partial charge in [-0.25, -0.2) is 4.98 Å². The third-order valence-electron chi connectivity index (χ3n) is 5.76. The molecule has 0 unspecified atom stereocenters. The number of nitrogens with zero attached hydrogens (tertiary/aromatic N) is 2. The second-order valence-electron chi connectivity index (χ2n) is 7.72. The molecule has 1 saturated carbocycles. The number of benzene rings is 2. The van der Waals surface area contributed by atoms with Gasteiger partial charge in [0.2, 0.25) is 0 Å². The average Bonchev–Trinajstić information content (AvgIpc) is 3.18. The number of fused-ring (bicyclic) bond motifs is 3. The molecule has 1 fully saturated rings. The Morgan fingerprint density at radius 3 is 2.57 bits per heavy atom. The number of Topliss-reactive ketones (excluding diaryl/α,β-unsaturated/α-hetero) is 1. The van der Waals surface area contributed by atoms with Crippen LogP contribution >= 0.6 is 23.1 Å². The van der Waals surface area contributed by atoms with E-state index in [9.17, 15) is 9.59 Å². The molecule has 4 aromatic rings. The van der Waals surface area contributed by atoms with Gasteiger partial charge >= 0.3 is 0 Å². The Kier molecular flexibility index (Phi) is 5.44. The molecular weight excluding hydrogens is 412 g/mol. The van der Waals surface area contributed by atoms with E-state index in [1.54, 1.807) is 0 Å². The van der Waals surface area contributed by atoms with Gasteiger partial charge in [0.15, 0.2) is 10.9 Å². The van der Waals surface area contributed by atoms with E-state index in [0.29, 0.717) is 10.7 Å². The van der Waals surface area contributed by atoms with Gasteiger partial charge in [-0.3, -0.25) is 14.2 Å². The van der Waals surface area contributed by atoms with Crippen LogP contribution in [0.2, 0.25) is 0 Å².